The van der Waals surface area contributed by atoms with Crippen LogP contribution in [0.3, 0.4) is 0 Å². The summed E-state index contributed by atoms with van der Waals surface area (Å²) in [7, 11) is 2.15. The van der Waals surface area contributed by atoms with Gasteiger partial charge in [0.2, 0.25) is 5.95 Å². The summed E-state index contributed by atoms with van der Waals surface area (Å²) in [6.45, 7) is 6.73. The van der Waals surface area contributed by atoms with E-state index in [2.05, 4.69) is 32.1 Å². The zero-order valence-corrected chi connectivity index (χ0v) is 14.3. The molecule has 1 aliphatic rings. The van der Waals surface area contributed by atoms with Crippen LogP contribution in [0.1, 0.15) is 11.3 Å². The first-order chi connectivity index (χ1) is 11.1. The highest BCUT2D eigenvalue weighted by atomic mass is 35.5. The quantitative estimate of drug-likeness (QED) is 0.933. The van der Waals surface area contributed by atoms with Crippen molar-refractivity contribution in [3.63, 3.8) is 0 Å². The van der Waals surface area contributed by atoms with Gasteiger partial charge in [-0.05, 0) is 25.6 Å². The summed E-state index contributed by atoms with van der Waals surface area (Å²) in [5, 5.41) is 4.04. The van der Waals surface area contributed by atoms with E-state index in [1.54, 1.807) is 0 Å². The van der Waals surface area contributed by atoms with Crippen molar-refractivity contribution < 1.29 is 0 Å². The van der Waals surface area contributed by atoms with Gasteiger partial charge in [0.1, 0.15) is 5.82 Å². The minimum atomic E-state index is 0.616. The molecule has 0 radical (unpaired) electrons. The molecule has 0 amide bonds. The minimum Gasteiger partial charge on any atom is -0.354 e. The van der Waals surface area contributed by atoms with Gasteiger partial charge < -0.3 is 15.1 Å². The van der Waals surface area contributed by atoms with Crippen LogP contribution in [0.5, 0.6) is 0 Å². The second-order valence-electron chi connectivity index (χ2n) is 5.93. The minimum absolute atomic E-state index is 0.616. The van der Waals surface area contributed by atoms with Crippen LogP contribution < -0.4 is 10.2 Å². The highest BCUT2D eigenvalue weighted by Gasteiger charge is 2.16. The molecule has 6 heteroatoms. The van der Waals surface area contributed by atoms with E-state index in [9.17, 15) is 0 Å². The average molecular weight is 332 g/mol. The lowest BCUT2D eigenvalue weighted by molar-refractivity contribution is 0.312. The molecule has 1 aromatic carbocycles. The fraction of sp³-hybridized carbons (Fsp3) is 0.412. The second-order valence-corrected chi connectivity index (χ2v) is 6.33. The number of halogens is 1. The third-order valence-electron chi connectivity index (χ3n) is 4.06. The molecule has 0 saturated carbocycles. The van der Waals surface area contributed by atoms with E-state index in [0.29, 0.717) is 12.5 Å². The Morgan fingerprint density at radius 2 is 1.87 bits per heavy atom. The highest BCUT2D eigenvalue weighted by molar-refractivity contribution is 6.31. The van der Waals surface area contributed by atoms with E-state index in [1.165, 1.54) is 0 Å². The molecular formula is C17H22ClN5. The zero-order chi connectivity index (χ0) is 16.2. The van der Waals surface area contributed by atoms with Crippen molar-refractivity contribution in [1.82, 2.24) is 14.9 Å². The molecule has 0 aliphatic carbocycles. The first-order valence-corrected chi connectivity index (χ1v) is 8.26. The SMILES string of the molecule is Cc1cc(N2CCN(C)CC2)nc(NCc2ccccc2Cl)n1. The Morgan fingerprint density at radius 3 is 2.61 bits per heavy atom. The van der Waals surface area contributed by atoms with Crippen molar-refractivity contribution in [2.45, 2.75) is 13.5 Å². The van der Waals surface area contributed by atoms with Crippen LogP contribution in [0.25, 0.3) is 0 Å². The van der Waals surface area contributed by atoms with Crippen molar-refractivity contribution in [3.8, 4) is 0 Å². The Kier molecular flexibility index (Phi) is 4.98. The molecule has 0 spiro atoms. The maximum Gasteiger partial charge on any atom is 0.225 e. The van der Waals surface area contributed by atoms with Crippen molar-refractivity contribution in [2.75, 3.05) is 43.4 Å². The Morgan fingerprint density at radius 1 is 1.13 bits per heavy atom. The van der Waals surface area contributed by atoms with Crippen LogP contribution >= 0.6 is 11.6 Å². The summed E-state index contributed by atoms with van der Waals surface area (Å²) in [6, 6.07) is 9.86. The number of nitrogens with one attached hydrogen (secondary N) is 1. The van der Waals surface area contributed by atoms with E-state index in [-0.39, 0.29) is 0 Å². The van der Waals surface area contributed by atoms with Gasteiger partial charge in [-0.25, -0.2) is 4.98 Å². The van der Waals surface area contributed by atoms with Crippen LogP contribution in [0, 0.1) is 6.92 Å². The lowest BCUT2D eigenvalue weighted by atomic mass is 10.2. The summed E-state index contributed by atoms with van der Waals surface area (Å²) in [4.78, 5) is 13.8. The Bertz CT molecular complexity index is 668. The fourth-order valence-corrected chi connectivity index (χ4v) is 2.85. The molecule has 2 aromatic rings. The van der Waals surface area contributed by atoms with Gasteiger partial charge >= 0.3 is 0 Å². The lowest BCUT2D eigenvalue weighted by Crippen LogP contribution is -2.44. The first kappa shape index (κ1) is 16.0. The predicted octanol–water partition coefficient (Wildman–Crippen LogP) is 2.80. The van der Waals surface area contributed by atoms with E-state index in [4.69, 9.17) is 11.6 Å². The van der Waals surface area contributed by atoms with Crippen LogP contribution in [-0.4, -0.2) is 48.1 Å². The van der Waals surface area contributed by atoms with Gasteiger partial charge in [0.25, 0.3) is 0 Å². The molecule has 1 fully saturated rings. The van der Waals surface area contributed by atoms with E-state index in [0.717, 1.165) is 48.3 Å². The van der Waals surface area contributed by atoms with Crippen molar-refractivity contribution in [2.24, 2.45) is 0 Å². The maximum atomic E-state index is 6.19. The molecule has 3 rings (SSSR count). The van der Waals surface area contributed by atoms with E-state index >= 15 is 0 Å². The number of hydrogen-bond donors (Lipinski definition) is 1. The van der Waals surface area contributed by atoms with Crippen LogP contribution in [0.15, 0.2) is 30.3 Å². The summed E-state index contributed by atoms with van der Waals surface area (Å²) in [5.41, 5.74) is 2.01. The van der Waals surface area contributed by atoms with Gasteiger partial charge in [0, 0.05) is 49.5 Å². The van der Waals surface area contributed by atoms with Gasteiger partial charge in [0.05, 0.1) is 0 Å². The molecule has 0 bridgehead atoms. The van der Waals surface area contributed by atoms with Gasteiger partial charge in [0.15, 0.2) is 0 Å². The third-order valence-corrected chi connectivity index (χ3v) is 4.43. The maximum absolute atomic E-state index is 6.19. The topological polar surface area (TPSA) is 44.3 Å². The molecular weight excluding hydrogens is 310 g/mol. The number of nitrogens with zero attached hydrogens (tertiary/aromatic N) is 4. The van der Waals surface area contributed by atoms with Crippen LogP contribution in [0.2, 0.25) is 5.02 Å². The van der Waals surface area contributed by atoms with E-state index < -0.39 is 0 Å². The molecule has 122 valence electrons. The molecule has 1 saturated heterocycles. The normalized spacial score (nSPS) is 15.7. The molecule has 2 heterocycles. The zero-order valence-electron chi connectivity index (χ0n) is 13.6. The average Bonchev–Trinajstić information content (AvgIpc) is 2.54. The first-order valence-electron chi connectivity index (χ1n) is 7.88. The predicted molar refractivity (Wildman–Crippen MR) is 95.3 cm³/mol. The van der Waals surface area contributed by atoms with Crippen LogP contribution in [-0.2, 0) is 6.54 Å². The Hall–Kier alpha value is -1.85. The van der Waals surface area contributed by atoms with Gasteiger partial charge in [-0.3, -0.25) is 0 Å². The van der Waals surface area contributed by atoms with Crippen LogP contribution in [0.4, 0.5) is 11.8 Å². The molecule has 1 N–H and O–H groups in total. The molecule has 5 nitrogen and oxygen atoms in total. The van der Waals surface area contributed by atoms with Gasteiger partial charge in [-0.15, -0.1) is 0 Å². The summed E-state index contributed by atoms with van der Waals surface area (Å²) in [6.07, 6.45) is 0. The number of rotatable bonds is 4. The number of aryl methyl sites for hydroxylation is 1. The molecule has 1 aliphatic heterocycles. The Balaban J connectivity index is 1.71. The number of hydrogen-bond acceptors (Lipinski definition) is 5. The van der Waals surface area contributed by atoms with Gasteiger partial charge in [-0.1, -0.05) is 29.8 Å². The third kappa shape index (κ3) is 4.12. The largest absolute Gasteiger partial charge is 0.354 e. The number of likely N-dealkylation sites (N-methyl/N-ethyl adjacent to an activating group) is 1. The molecule has 1 aromatic heterocycles. The van der Waals surface area contributed by atoms with Crippen molar-refractivity contribution in [1.29, 1.82) is 0 Å². The molecule has 0 unspecified atom stereocenters. The Labute approximate surface area is 142 Å². The number of anilines is 2. The van der Waals surface area contributed by atoms with Gasteiger partial charge in [-0.2, -0.15) is 4.98 Å². The summed E-state index contributed by atoms with van der Waals surface area (Å²) >= 11 is 6.19. The molecule has 0 atom stereocenters. The lowest BCUT2D eigenvalue weighted by Gasteiger charge is -2.33. The highest BCUT2D eigenvalue weighted by Crippen LogP contribution is 2.19. The standard InChI is InChI=1S/C17H22ClN5/c1-13-11-16(23-9-7-22(2)8-10-23)21-17(20-13)19-12-14-5-3-4-6-15(14)18/h3-6,11H,7-10,12H2,1-2H3,(H,19,20,21). The van der Waals surface area contributed by atoms with Crippen molar-refractivity contribution in [3.05, 3.63) is 46.6 Å². The molecule has 23 heavy (non-hydrogen) atoms. The number of benzene rings is 1. The van der Waals surface area contributed by atoms with E-state index in [1.807, 2.05) is 37.3 Å². The fourth-order valence-electron chi connectivity index (χ4n) is 2.64. The second kappa shape index (κ2) is 7.15. The number of piperazine rings is 1. The smallest absolute Gasteiger partial charge is 0.225 e. The summed E-state index contributed by atoms with van der Waals surface area (Å²) < 4.78 is 0. The monoisotopic (exact) mass is 331 g/mol. The summed E-state index contributed by atoms with van der Waals surface area (Å²) in [5.74, 6) is 1.64. The number of aromatic nitrogens is 2. The van der Waals surface area contributed by atoms with Crippen molar-refractivity contribution >= 4 is 23.4 Å².